The molecule has 25 heavy (non-hydrogen) atoms. The number of nitro benzene ring substituents is 1. The molecule has 0 aliphatic carbocycles. The normalized spacial score (nSPS) is 11.8. The molecule has 0 unspecified atom stereocenters. The van der Waals surface area contributed by atoms with Gasteiger partial charge in [-0.2, -0.15) is 0 Å². The number of hydrogen-bond donors (Lipinski definition) is 2. The fourth-order valence-electron chi connectivity index (χ4n) is 1.73. The lowest BCUT2D eigenvalue weighted by Gasteiger charge is -2.10. The van der Waals surface area contributed by atoms with Crippen molar-refractivity contribution in [2.24, 2.45) is 0 Å². The van der Waals surface area contributed by atoms with Crippen LogP contribution in [0.15, 0.2) is 28.6 Å². The molecule has 1 aromatic heterocycles. The molecule has 0 aliphatic rings. The Hall–Kier alpha value is -2.24. The van der Waals surface area contributed by atoms with Crippen LogP contribution in [0.2, 0.25) is 0 Å². The average molecular weight is 383 g/mol. The van der Waals surface area contributed by atoms with Crippen LogP contribution in [0.3, 0.4) is 0 Å². The van der Waals surface area contributed by atoms with Crippen molar-refractivity contribution in [2.45, 2.75) is 16.5 Å². The van der Waals surface area contributed by atoms with Gasteiger partial charge in [0, 0.05) is 31.5 Å². The minimum atomic E-state index is -0.507. The molecule has 1 amide bonds. The third-order valence-electron chi connectivity index (χ3n) is 2.96. The molecular weight excluding hydrogens is 366 g/mol. The molecule has 0 radical (unpaired) electrons. The molecule has 2 rings (SSSR count). The minimum absolute atomic E-state index is 0.0750. The van der Waals surface area contributed by atoms with E-state index in [-0.39, 0.29) is 11.6 Å². The second-order valence-corrected chi connectivity index (χ2v) is 7.41. The first kappa shape index (κ1) is 19.1. The number of nitrogens with one attached hydrogen (secondary N) is 2. The van der Waals surface area contributed by atoms with Crippen LogP contribution in [0.1, 0.15) is 6.92 Å². The van der Waals surface area contributed by atoms with E-state index in [9.17, 15) is 14.9 Å². The highest BCUT2D eigenvalue weighted by Gasteiger charge is 2.18. The quantitative estimate of drug-likeness (QED) is 0.293. The first-order valence-corrected chi connectivity index (χ1v) is 8.97. The van der Waals surface area contributed by atoms with Gasteiger partial charge in [0.15, 0.2) is 4.34 Å². The Bertz CT molecular complexity index is 740. The largest absolute Gasteiger partial charge is 0.383 e. The lowest BCUT2D eigenvalue weighted by Crippen LogP contribution is -2.22. The molecule has 1 heterocycles. The molecule has 0 spiro atoms. The van der Waals surface area contributed by atoms with E-state index in [2.05, 4.69) is 20.8 Å². The number of non-ortho nitro benzene ring substituents is 1. The number of amides is 1. The zero-order valence-electron chi connectivity index (χ0n) is 13.6. The molecule has 0 bridgehead atoms. The van der Waals surface area contributed by atoms with Crippen LogP contribution < -0.4 is 10.6 Å². The fourth-order valence-corrected chi connectivity index (χ4v) is 3.66. The van der Waals surface area contributed by atoms with Crippen LogP contribution >= 0.6 is 23.1 Å². The number of nitrogens with zero attached hydrogens (tertiary/aromatic N) is 3. The van der Waals surface area contributed by atoms with Gasteiger partial charge in [-0.15, -0.1) is 10.2 Å². The number of rotatable bonds is 9. The topological polar surface area (TPSA) is 119 Å². The molecule has 9 nitrogen and oxygen atoms in total. The van der Waals surface area contributed by atoms with Crippen molar-refractivity contribution in [1.29, 1.82) is 0 Å². The van der Waals surface area contributed by atoms with E-state index in [1.165, 1.54) is 41.3 Å². The fraction of sp³-hybridized carbons (Fsp3) is 0.357. The van der Waals surface area contributed by atoms with Gasteiger partial charge in [-0.3, -0.25) is 14.9 Å². The second kappa shape index (κ2) is 9.30. The molecule has 2 aromatic rings. The molecule has 1 aromatic carbocycles. The highest BCUT2D eigenvalue weighted by molar-refractivity contribution is 8.02. The summed E-state index contributed by atoms with van der Waals surface area (Å²) < 4.78 is 5.59. The maximum atomic E-state index is 12.2. The SMILES string of the molecule is COCCNc1nnc(S[C@@H](C)C(=O)Nc2cccc([N+](=O)[O-])c2)s1. The Labute approximate surface area is 152 Å². The highest BCUT2D eigenvalue weighted by Crippen LogP contribution is 2.29. The summed E-state index contributed by atoms with van der Waals surface area (Å²) >= 11 is 2.62. The number of benzene rings is 1. The van der Waals surface area contributed by atoms with Crippen LogP contribution in [0, 0.1) is 10.1 Å². The number of methoxy groups -OCH3 is 1. The zero-order chi connectivity index (χ0) is 18.2. The molecular formula is C14H17N5O4S2. The van der Waals surface area contributed by atoms with Crippen molar-refractivity contribution >= 4 is 45.5 Å². The van der Waals surface area contributed by atoms with Gasteiger partial charge in [0.1, 0.15) is 0 Å². The van der Waals surface area contributed by atoms with Crippen LogP contribution in [-0.4, -0.2) is 46.5 Å². The van der Waals surface area contributed by atoms with Crippen molar-refractivity contribution in [3.63, 3.8) is 0 Å². The maximum absolute atomic E-state index is 12.2. The number of carbonyl (C=O) groups excluding carboxylic acids is 1. The molecule has 1 atom stereocenters. The molecule has 134 valence electrons. The number of thioether (sulfide) groups is 1. The Balaban J connectivity index is 1.90. The third-order valence-corrected chi connectivity index (χ3v) is 5.03. The Morgan fingerprint density at radius 2 is 2.28 bits per heavy atom. The summed E-state index contributed by atoms with van der Waals surface area (Å²) in [6.45, 7) is 2.92. The number of anilines is 2. The van der Waals surface area contributed by atoms with Crippen molar-refractivity contribution < 1.29 is 14.5 Å². The molecule has 0 aliphatic heterocycles. The van der Waals surface area contributed by atoms with Gasteiger partial charge >= 0.3 is 0 Å². The van der Waals surface area contributed by atoms with Crippen LogP contribution in [-0.2, 0) is 9.53 Å². The first-order valence-electron chi connectivity index (χ1n) is 7.28. The third kappa shape index (κ3) is 5.96. The second-order valence-electron chi connectivity index (χ2n) is 4.85. The summed E-state index contributed by atoms with van der Waals surface area (Å²) in [5, 5.41) is 24.7. The molecule has 0 fully saturated rings. The predicted molar refractivity (Wildman–Crippen MR) is 97.3 cm³/mol. The number of ether oxygens (including phenoxy) is 1. The van der Waals surface area contributed by atoms with E-state index in [1.54, 1.807) is 20.1 Å². The Morgan fingerprint density at radius 1 is 1.48 bits per heavy atom. The number of carbonyl (C=O) groups is 1. The van der Waals surface area contributed by atoms with Crippen molar-refractivity contribution in [3.05, 3.63) is 34.4 Å². The van der Waals surface area contributed by atoms with E-state index in [1.807, 2.05) is 0 Å². The molecule has 0 saturated heterocycles. The summed E-state index contributed by atoms with van der Waals surface area (Å²) in [5.41, 5.74) is 0.305. The number of hydrogen-bond acceptors (Lipinski definition) is 9. The average Bonchev–Trinajstić information content (AvgIpc) is 3.02. The molecule has 11 heteroatoms. The predicted octanol–water partition coefficient (Wildman–Crippen LogP) is 2.62. The number of nitro groups is 1. The lowest BCUT2D eigenvalue weighted by atomic mass is 10.2. The smallest absolute Gasteiger partial charge is 0.271 e. The van der Waals surface area contributed by atoms with Crippen molar-refractivity contribution in [1.82, 2.24) is 10.2 Å². The van der Waals surface area contributed by atoms with E-state index in [0.29, 0.717) is 28.3 Å². The van der Waals surface area contributed by atoms with Gasteiger partial charge in [-0.1, -0.05) is 29.2 Å². The van der Waals surface area contributed by atoms with E-state index in [0.717, 1.165) is 0 Å². The summed E-state index contributed by atoms with van der Waals surface area (Å²) in [6.07, 6.45) is 0. The molecule has 0 saturated carbocycles. The van der Waals surface area contributed by atoms with Gasteiger partial charge in [-0.25, -0.2) is 0 Å². The van der Waals surface area contributed by atoms with Crippen LogP contribution in [0.25, 0.3) is 0 Å². The monoisotopic (exact) mass is 383 g/mol. The van der Waals surface area contributed by atoms with Crippen molar-refractivity contribution in [2.75, 3.05) is 30.9 Å². The lowest BCUT2D eigenvalue weighted by molar-refractivity contribution is -0.384. The van der Waals surface area contributed by atoms with Crippen LogP contribution in [0.5, 0.6) is 0 Å². The summed E-state index contributed by atoms with van der Waals surface area (Å²) in [4.78, 5) is 22.5. The van der Waals surface area contributed by atoms with Crippen molar-refractivity contribution in [3.8, 4) is 0 Å². The van der Waals surface area contributed by atoms with E-state index < -0.39 is 10.2 Å². The number of aromatic nitrogens is 2. The zero-order valence-corrected chi connectivity index (χ0v) is 15.2. The van der Waals surface area contributed by atoms with E-state index >= 15 is 0 Å². The van der Waals surface area contributed by atoms with Gasteiger partial charge < -0.3 is 15.4 Å². The molecule has 2 N–H and O–H groups in total. The van der Waals surface area contributed by atoms with E-state index in [4.69, 9.17) is 4.74 Å². The van der Waals surface area contributed by atoms with Gasteiger partial charge in [0.25, 0.3) is 5.69 Å². The van der Waals surface area contributed by atoms with Gasteiger partial charge in [-0.05, 0) is 13.0 Å². The van der Waals surface area contributed by atoms with Crippen LogP contribution in [0.4, 0.5) is 16.5 Å². The Morgan fingerprint density at radius 3 is 3.00 bits per heavy atom. The summed E-state index contributed by atoms with van der Waals surface area (Å²) in [5.74, 6) is -0.269. The highest BCUT2D eigenvalue weighted by atomic mass is 32.2. The maximum Gasteiger partial charge on any atom is 0.271 e. The Kier molecular flexibility index (Phi) is 7.10. The summed E-state index contributed by atoms with van der Waals surface area (Å²) in [7, 11) is 1.62. The standard InChI is InChI=1S/C14H17N5O4S2/c1-9(24-14-18-17-13(25-14)15-6-7-23-2)12(20)16-10-4-3-5-11(8-10)19(21)22/h3-5,8-9H,6-7H2,1-2H3,(H,15,17)(H,16,20)/t9-/m0/s1. The van der Waals surface area contributed by atoms with Gasteiger partial charge in [0.2, 0.25) is 11.0 Å². The first-order chi connectivity index (χ1) is 12.0. The minimum Gasteiger partial charge on any atom is -0.383 e. The van der Waals surface area contributed by atoms with Gasteiger partial charge in [0.05, 0.1) is 16.8 Å². The summed E-state index contributed by atoms with van der Waals surface area (Å²) in [6, 6.07) is 5.81.